The van der Waals surface area contributed by atoms with Crippen LogP contribution in [0, 0.1) is 6.92 Å². The standard InChI is InChI=1S/C22H27N3O2/c1-15-8-6-7-9-18(15)23-21(26)27-16-10-11-19-17(14-16)22(2)12-13-25(4,5)20(22)24(19)3/h6-11,14,20H,12-13H2,1-5H3/p+1/t20?,22-/m0/s1. The van der Waals surface area contributed by atoms with Crippen LogP contribution in [0.1, 0.15) is 24.5 Å². The number of nitrogens with one attached hydrogen (secondary N) is 1. The lowest BCUT2D eigenvalue weighted by Gasteiger charge is -2.38. The second-order valence-electron chi connectivity index (χ2n) is 8.66. The lowest BCUT2D eigenvalue weighted by Crippen LogP contribution is -2.55. The number of hydrogen-bond acceptors (Lipinski definition) is 3. The highest BCUT2D eigenvalue weighted by Crippen LogP contribution is 2.53. The van der Waals surface area contributed by atoms with Gasteiger partial charge in [-0.2, -0.15) is 0 Å². The van der Waals surface area contributed by atoms with E-state index in [9.17, 15) is 4.79 Å². The third-order valence-electron chi connectivity index (χ3n) is 6.36. The summed E-state index contributed by atoms with van der Waals surface area (Å²) in [4.78, 5) is 14.8. The predicted molar refractivity (Wildman–Crippen MR) is 108 cm³/mol. The van der Waals surface area contributed by atoms with E-state index in [-0.39, 0.29) is 5.41 Å². The van der Waals surface area contributed by atoms with Crippen LogP contribution in [-0.2, 0) is 5.41 Å². The summed E-state index contributed by atoms with van der Waals surface area (Å²) in [5.74, 6) is 0.590. The zero-order valence-corrected chi connectivity index (χ0v) is 16.7. The Kier molecular flexibility index (Phi) is 3.96. The van der Waals surface area contributed by atoms with Crippen LogP contribution in [-0.4, -0.2) is 44.4 Å². The number of amides is 1. The third-order valence-corrected chi connectivity index (χ3v) is 6.36. The number of para-hydroxylation sites is 1. The Balaban J connectivity index is 1.58. The number of likely N-dealkylation sites (N-methyl/N-ethyl adjacent to an activating group) is 2. The predicted octanol–water partition coefficient (Wildman–Crippen LogP) is 4.12. The number of quaternary nitrogens is 1. The van der Waals surface area contributed by atoms with Crippen molar-refractivity contribution in [1.82, 2.24) is 0 Å². The van der Waals surface area contributed by atoms with Gasteiger partial charge < -0.3 is 14.1 Å². The maximum absolute atomic E-state index is 12.4. The molecule has 5 nitrogen and oxygen atoms in total. The van der Waals surface area contributed by atoms with Crippen molar-refractivity contribution in [3.8, 4) is 5.75 Å². The summed E-state index contributed by atoms with van der Waals surface area (Å²) in [5.41, 5.74) is 4.36. The van der Waals surface area contributed by atoms with E-state index in [4.69, 9.17) is 4.74 Å². The SMILES string of the molecule is Cc1ccccc1NC(=O)Oc1ccc2c(c1)[C@]1(C)CC[N+](C)(C)C1N2C. The molecule has 5 heteroatoms. The van der Waals surface area contributed by atoms with Crippen molar-refractivity contribution in [3.05, 3.63) is 53.6 Å². The van der Waals surface area contributed by atoms with Crippen LogP contribution in [0.25, 0.3) is 0 Å². The van der Waals surface area contributed by atoms with E-state index in [1.807, 2.05) is 37.3 Å². The van der Waals surface area contributed by atoms with Gasteiger partial charge in [0.1, 0.15) is 5.75 Å². The summed E-state index contributed by atoms with van der Waals surface area (Å²) >= 11 is 0. The van der Waals surface area contributed by atoms with Crippen LogP contribution in [0.2, 0.25) is 0 Å². The second-order valence-corrected chi connectivity index (χ2v) is 8.66. The first-order valence-corrected chi connectivity index (χ1v) is 9.47. The fourth-order valence-corrected chi connectivity index (χ4v) is 5.14. The normalized spacial score (nSPS) is 25.1. The minimum Gasteiger partial charge on any atom is -0.410 e. The smallest absolute Gasteiger partial charge is 0.410 e. The molecule has 0 bridgehead atoms. The highest BCUT2D eigenvalue weighted by atomic mass is 16.6. The van der Waals surface area contributed by atoms with Crippen LogP contribution < -0.4 is 15.0 Å². The molecule has 2 aromatic rings. The zero-order valence-electron chi connectivity index (χ0n) is 16.7. The minimum absolute atomic E-state index is 0.0689. The Bertz CT molecular complexity index is 908. The van der Waals surface area contributed by atoms with Crippen molar-refractivity contribution in [2.75, 3.05) is 37.9 Å². The van der Waals surface area contributed by atoms with Crippen molar-refractivity contribution in [1.29, 1.82) is 0 Å². The average Bonchev–Trinajstić information content (AvgIpc) is 2.99. The molecule has 0 spiro atoms. The van der Waals surface area contributed by atoms with E-state index < -0.39 is 6.09 Å². The van der Waals surface area contributed by atoms with Gasteiger partial charge in [-0.3, -0.25) is 5.32 Å². The van der Waals surface area contributed by atoms with E-state index in [2.05, 4.69) is 50.4 Å². The number of ether oxygens (including phenoxy) is 1. The molecule has 4 rings (SSSR count). The number of benzene rings is 2. The number of carbonyl (C=O) groups excluding carboxylic acids is 1. The summed E-state index contributed by atoms with van der Waals surface area (Å²) in [6.45, 7) is 5.44. The molecule has 0 radical (unpaired) electrons. The number of nitrogens with zero attached hydrogens (tertiary/aromatic N) is 2. The summed E-state index contributed by atoms with van der Waals surface area (Å²) in [7, 11) is 6.77. The average molecular weight is 366 g/mol. The molecule has 0 aromatic heterocycles. The lowest BCUT2D eigenvalue weighted by atomic mass is 9.81. The van der Waals surface area contributed by atoms with Gasteiger partial charge in [0.25, 0.3) is 0 Å². The first-order valence-electron chi connectivity index (χ1n) is 9.47. The molecular formula is C22H28N3O2+. The molecule has 1 saturated heterocycles. The highest BCUT2D eigenvalue weighted by molar-refractivity contribution is 5.87. The minimum atomic E-state index is -0.458. The van der Waals surface area contributed by atoms with Gasteiger partial charge in [-0.15, -0.1) is 0 Å². The van der Waals surface area contributed by atoms with Gasteiger partial charge in [-0.1, -0.05) is 18.2 Å². The van der Waals surface area contributed by atoms with Crippen molar-refractivity contribution in [2.24, 2.45) is 0 Å². The van der Waals surface area contributed by atoms with Crippen LogP contribution in [0.5, 0.6) is 5.75 Å². The van der Waals surface area contributed by atoms with Crippen molar-refractivity contribution < 1.29 is 14.0 Å². The quantitative estimate of drug-likeness (QED) is 0.813. The summed E-state index contributed by atoms with van der Waals surface area (Å²) in [6.07, 6.45) is 1.07. The van der Waals surface area contributed by atoms with E-state index in [0.29, 0.717) is 11.9 Å². The maximum Gasteiger partial charge on any atom is 0.417 e. The number of rotatable bonds is 2. The van der Waals surface area contributed by atoms with E-state index in [1.165, 1.54) is 11.3 Å². The molecule has 0 saturated carbocycles. The van der Waals surface area contributed by atoms with Crippen molar-refractivity contribution >= 4 is 17.5 Å². The second kappa shape index (κ2) is 5.99. The number of hydrogen-bond donors (Lipinski definition) is 1. The monoisotopic (exact) mass is 366 g/mol. The van der Waals surface area contributed by atoms with E-state index in [1.54, 1.807) is 0 Å². The molecular weight excluding hydrogens is 338 g/mol. The summed E-state index contributed by atoms with van der Waals surface area (Å²) in [6, 6.07) is 13.7. The Morgan fingerprint density at radius 3 is 2.74 bits per heavy atom. The van der Waals surface area contributed by atoms with Crippen molar-refractivity contribution in [3.63, 3.8) is 0 Å². The van der Waals surface area contributed by atoms with E-state index >= 15 is 0 Å². The largest absolute Gasteiger partial charge is 0.417 e. The Labute approximate surface area is 161 Å². The molecule has 2 aliphatic rings. The lowest BCUT2D eigenvalue weighted by molar-refractivity contribution is -0.903. The molecule has 2 aliphatic heterocycles. The molecule has 1 unspecified atom stereocenters. The van der Waals surface area contributed by atoms with Crippen LogP contribution >= 0.6 is 0 Å². The zero-order chi connectivity index (χ0) is 19.4. The number of aryl methyl sites for hydroxylation is 1. The van der Waals surface area contributed by atoms with Gasteiger partial charge in [0.2, 0.25) is 0 Å². The Morgan fingerprint density at radius 2 is 2.00 bits per heavy atom. The van der Waals surface area contributed by atoms with Crippen LogP contribution in [0.15, 0.2) is 42.5 Å². The molecule has 2 atom stereocenters. The topological polar surface area (TPSA) is 41.6 Å². The van der Waals surface area contributed by atoms with Crippen LogP contribution in [0.4, 0.5) is 16.2 Å². The van der Waals surface area contributed by atoms with Gasteiger partial charge in [-0.05, 0) is 49.2 Å². The van der Waals surface area contributed by atoms with Gasteiger partial charge >= 0.3 is 6.09 Å². The van der Waals surface area contributed by atoms with Crippen molar-refractivity contribution in [2.45, 2.75) is 31.8 Å². The van der Waals surface area contributed by atoms with Gasteiger partial charge in [0.05, 0.1) is 26.1 Å². The maximum atomic E-state index is 12.4. The van der Waals surface area contributed by atoms with Crippen LogP contribution in [0.3, 0.4) is 0 Å². The third kappa shape index (κ3) is 2.77. The molecule has 2 heterocycles. The van der Waals surface area contributed by atoms with E-state index in [0.717, 1.165) is 28.7 Å². The molecule has 1 N–H and O–H groups in total. The molecule has 2 aromatic carbocycles. The fraction of sp³-hybridized carbons (Fsp3) is 0.409. The first kappa shape index (κ1) is 17.9. The number of anilines is 2. The van der Waals surface area contributed by atoms with Gasteiger partial charge in [0, 0.05) is 24.8 Å². The number of fused-ring (bicyclic) bond motifs is 3. The molecule has 0 aliphatic carbocycles. The fourth-order valence-electron chi connectivity index (χ4n) is 5.14. The highest BCUT2D eigenvalue weighted by Gasteiger charge is 2.59. The molecule has 1 amide bonds. The Morgan fingerprint density at radius 1 is 1.26 bits per heavy atom. The Hall–Kier alpha value is -2.53. The summed E-state index contributed by atoms with van der Waals surface area (Å²) < 4.78 is 6.58. The van der Waals surface area contributed by atoms with Gasteiger partial charge in [0.15, 0.2) is 6.17 Å². The number of carbonyl (C=O) groups is 1. The molecule has 1 fully saturated rings. The number of likely N-dealkylation sites (tertiary alicyclic amines) is 1. The summed E-state index contributed by atoms with van der Waals surface area (Å²) in [5, 5.41) is 2.83. The molecule has 27 heavy (non-hydrogen) atoms. The molecule has 142 valence electrons. The van der Waals surface area contributed by atoms with Gasteiger partial charge in [-0.25, -0.2) is 4.79 Å². The first-order chi connectivity index (χ1) is 12.7.